The summed E-state index contributed by atoms with van der Waals surface area (Å²) >= 11 is 2.95. The summed E-state index contributed by atoms with van der Waals surface area (Å²) in [5, 5.41) is 0. The van der Waals surface area contributed by atoms with Crippen LogP contribution >= 0.6 is 15.9 Å². The van der Waals surface area contributed by atoms with Crippen LogP contribution in [-0.2, 0) is 0 Å². The largest absolute Gasteiger partial charge is 0.464 e. The van der Waals surface area contributed by atoms with Gasteiger partial charge in [-0.3, -0.25) is 0 Å². The standard InChI is InChI=1S/C7H7BrF3N3O/c1-3(7(9,10)11)15-5-4(8)2-13-6(12)14-5/h2-3H,1H3,(H2,12,13,14). The van der Waals surface area contributed by atoms with Crippen LogP contribution in [0.15, 0.2) is 10.7 Å². The molecule has 84 valence electrons. The number of anilines is 1. The molecule has 0 amide bonds. The lowest BCUT2D eigenvalue weighted by Gasteiger charge is -2.17. The smallest absolute Gasteiger partial charge is 0.425 e. The van der Waals surface area contributed by atoms with Crippen LogP contribution in [0.3, 0.4) is 0 Å². The summed E-state index contributed by atoms with van der Waals surface area (Å²) in [4.78, 5) is 7.09. The average molecular weight is 286 g/mol. The molecular weight excluding hydrogens is 279 g/mol. The highest BCUT2D eigenvalue weighted by molar-refractivity contribution is 9.10. The number of nitrogens with zero attached hydrogens (tertiary/aromatic N) is 2. The minimum Gasteiger partial charge on any atom is -0.464 e. The van der Waals surface area contributed by atoms with E-state index in [2.05, 4.69) is 30.6 Å². The van der Waals surface area contributed by atoms with Crippen molar-refractivity contribution >= 4 is 21.9 Å². The fourth-order valence-electron chi connectivity index (χ4n) is 0.681. The van der Waals surface area contributed by atoms with Gasteiger partial charge in [0.25, 0.3) is 0 Å². The van der Waals surface area contributed by atoms with Crippen LogP contribution < -0.4 is 10.5 Å². The highest BCUT2D eigenvalue weighted by atomic mass is 79.9. The Hall–Kier alpha value is -1.05. The van der Waals surface area contributed by atoms with E-state index in [4.69, 9.17) is 5.73 Å². The quantitative estimate of drug-likeness (QED) is 0.905. The normalized spacial score (nSPS) is 13.7. The molecule has 0 aliphatic rings. The van der Waals surface area contributed by atoms with Crippen molar-refractivity contribution < 1.29 is 17.9 Å². The minimum atomic E-state index is -4.45. The number of hydrogen-bond acceptors (Lipinski definition) is 4. The van der Waals surface area contributed by atoms with Crippen LogP contribution in [0.4, 0.5) is 19.1 Å². The van der Waals surface area contributed by atoms with E-state index in [-0.39, 0.29) is 16.3 Å². The second-order valence-electron chi connectivity index (χ2n) is 2.68. The number of alkyl halides is 3. The molecule has 0 radical (unpaired) electrons. The van der Waals surface area contributed by atoms with Gasteiger partial charge in [-0.25, -0.2) is 4.98 Å². The zero-order chi connectivity index (χ0) is 11.6. The maximum atomic E-state index is 12.2. The van der Waals surface area contributed by atoms with Crippen molar-refractivity contribution in [1.29, 1.82) is 0 Å². The lowest BCUT2D eigenvalue weighted by Crippen LogP contribution is -2.31. The van der Waals surface area contributed by atoms with Crippen LogP contribution in [-0.4, -0.2) is 22.2 Å². The molecule has 0 spiro atoms. The maximum Gasteiger partial charge on any atom is 0.425 e. The van der Waals surface area contributed by atoms with Crippen molar-refractivity contribution in [3.05, 3.63) is 10.7 Å². The van der Waals surface area contributed by atoms with Gasteiger partial charge in [0, 0.05) is 0 Å². The Bertz CT molecular complexity index is 358. The molecule has 1 aromatic heterocycles. The van der Waals surface area contributed by atoms with Gasteiger partial charge in [0.2, 0.25) is 11.8 Å². The van der Waals surface area contributed by atoms with Crippen LogP contribution in [0.25, 0.3) is 0 Å². The zero-order valence-electron chi connectivity index (χ0n) is 7.55. The fourth-order valence-corrected chi connectivity index (χ4v) is 0.966. The SMILES string of the molecule is CC(Oc1nc(N)ncc1Br)C(F)(F)F. The highest BCUT2D eigenvalue weighted by Gasteiger charge is 2.38. The van der Waals surface area contributed by atoms with Gasteiger partial charge in [-0.2, -0.15) is 18.2 Å². The summed E-state index contributed by atoms with van der Waals surface area (Å²) in [5.74, 6) is -0.380. The number of hydrogen-bond donors (Lipinski definition) is 1. The van der Waals surface area contributed by atoms with Crippen LogP contribution in [0.1, 0.15) is 6.92 Å². The number of rotatable bonds is 2. The van der Waals surface area contributed by atoms with Crippen LogP contribution in [0.5, 0.6) is 5.88 Å². The second-order valence-corrected chi connectivity index (χ2v) is 3.54. The van der Waals surface area contributed by atoms with E-state index < -0.39 is 12.3 Å². The number of ether oxygens (including phenoxy) is 1. The van der Waals surface area contributed by atoms with Gasteiger partial charge in [0.15, 0.2) is 6.10 Å². The molecule has 4 nitrogen and oxygen atoms in total. The molecule has 1 heterocycles. The third-order valence-corrected chi connectivity index (χ3v) is 2.02. The third kappa shape index (κ3) is 3.22. The van der Waals surface area contributed by atoms with Crippen molar-refractivity contribution in [3.8, 4) is 5.88 Å². The predicted octanol–water partition coefficient (Wildman–Crippen LogP) is 2.15. The van der Waals surface area contributed by atoms with Crippen molar-refractivity contribution in [2.75, 3.05) is 5.73 Å². The van der Waals surface area contributed by atoms with Gasteiger partial charge >= 0.3 is 6.18 Å². The third-order valence-electron chi connectivity index (χ3n) is 1.48. The van der Waals surface area contributed by atoms with Gasteiger partial charge in [-0.05, 0) is 22.9 Å². The van der Waals surface area contributed by atoms with E-state index in [1.807, 2.05) is 0 Å². The first kappa shape index (κ1) is 12.0. The molecule has 0 saturated heterocycles. The minimum absolute atomic E-state index is 0.150. The Balaban J connectivity index is 2.85. The van der Waals surface area contributed by atoms with Crippen LogP contribution in [0.2, 0.25) is 0 Å². The molecule has 1 atom stereocenters. The molecule has 15 heavy (non-hydrogen) atoms. The van der Waals surface area contributed by atoms with Gasteiger partial charge in [0.1, 0.15) is 0 Å². The highest BCUT2D eigenvalue weighted by Crippen LogP contribution is 2.28. The molecule has 0 aliphatic heterocycles. The van der Waals surface area contributed by atoms with Crippen molar-refractivity contribution in [3.63, 3.8) is 0 Å². The molecule has 0 saturated carbocycles. The van der Waals surface area contributed by atoms with Gasteiger partial charge < -0.3 is 10.5 Å². The number of nitrogen functional groups attached to an aromatic ring is 1. The summed E-state index contributed by atoms with van der Waals surface area (Å²) in [5.41, 5.74) is 5.21. The maximum absolute atomic E-state index is 12.2. The van der Waals surface area contributed by atoms with Gasteiger partial charge in [-0.15, -0.1) is 0 Å². The van der Waals surface area contributed by atoms with E-state index >= 15 is 0 Å². The fraction of sp³-hybridized carbons (Fsp3) is 0.429. The average Bonchev–Trinajstić information content (AvgIpc) is 2.09. The molecular formula is C7H7BrF3N3O. The van der Waals surface area contributed by atoms with Crippen molar-refractivity contribution in [1.82, 2.24) is 9.97 Å². The van der Waals surface area contributed by atoms with Crippen molar-refractivity contribution in [2.24, 2.45) is 0 Å². The summed E-state index contributed by atoms with van der Waals surface area (Å²) in [6.07, 6.45) is -5.18. The van der Waals surface area contributed by atoms with Gasteiger partial charge in [0.05, 0.1) is 10.7 Å². The molecule has 0 fully saturated rings. The Morgan fingerprint density at radius 2 is 2.13 bits per heavy atom. The molecule has 0 aliphatic carbocycles. The Kier molecular flexibility index (Phi) is 3.38. The number of nitrogens with two attached hydrogens (primary N) is 1. The van der Waals surface area contributed by atoms with E-state index in [0.717, 1.165) is 6.92 Å². The van der Waals surface area contributed by atoms with Crippen molar-refractivity contribution in [2.45, 2.75) is 19.2 Å². The molecule has 8 heteroatoms. The first-order chi connectivity index (χ1) is 6.80. The Morgan fingerprint density at radius 3 is 2.67 bits per heavy atom. The summed E-state index contributed by atoms with van der Waals surface area (Å²) in [6.45, 7) is 0.880. The summed E-state index contributed by atoms with van der Waals surface area (Å²) in [6, 6.07) is 0. The molecule has 1 aromatic rings. The monoisotopic (exact) mass is 285 g/mol. The van der Waals surface area contributed by atoms with E-state index in [9.17, 15) is 13.2 Å². The first-order valence-corrected chi connectivity index (χ1v) is 4.61. The predicted molar refractivity (Wildman–Crippen MR) is 50.3 cm³/mol. The Labute approximate surface area is 91.8 Å². The summed E-state index contributed by atoms with van der Waals surface area (Å²) < 4.78 is 41.3. The number of aromatic nitrogens is 2. The molecule has 0 bridgehead atoms. The zero-order valence-corrected chi connectivity index (χ0v) is 9.13. The lowest BCUT2D eigenvalue weighted by atomic mass is 10.4. The van der Waals surface area contributed by atoms with E-state index in [1.54, 1.807) is 0 Å². The molecule has 1 unspecified atom stereocenters. The van der Waals surface area contributed by atoms with Gasteiger partial charge in [-0.1, -0.05) is 0 Å². The first-order valence-electron chi connectivity index (χ1n) is 3.82. The second kappa shape index (κ2) is 4.21. The van der Waals surface area contributed by atoms with Crippen LogP contribution in [0, 0.1) is 0 Å². The topological polar surface area (TPSA) is 61.0 Å². The lowest BCUT2D eigenvalue weighted by molar-refractivity contribution is -0.190. The van der Waals surface area contributed by atoms with E-state index in [1.165, 1.54) is 6.20 Å². The molecule has 0 aromatic carbocycles. The van der Waals surface area contributed by atoms with E-state index in [0.29, 0.717) is 0 Å². The number of halogens is 4. The summed E-state index contributed by atoms with van der Waals surface area (Å²) in [7, 11) is 0. The Morgan fingerprint density at radius 1 is 1.53 bits per heavy atom. The molecule has 1 rings (SSSR count). The molecule has 2 N–H and O–H groups in total.